The summed E-state index contributed by atoms with van der Waals surface area (Å²) in [5, 5.41) is 12.7. The molecule has 0 fully saturated rings. The summed E-state index contributed by atoms with van der Waals surface area (Å²) in [5.74, 6) is -1.27. The van der Waals surface area contributed by atoms with Crippen LogP contribution in [0.4, 0.5) is 0 Å². The number of hydrogen-bond donors (Lipinski definition) is 1. The van der Waals surface area contributed by atoms with Crippen LogP contribution in [0.1, 0.15) is 15.9 Å². The number of halogens is 1. The summed E-state index contributed by atoms with van der Waals surface area (Å²) in [7, 11) is -2.33. The maximum absolute atomic E-state index is 12.4. The number of benzene rings is 1. The number of aromatic carboxylic acids is 1. The molecule has 21 heavy (non-hydrogen) atoms. The van der Waals surface area contributed by atoms with E-state index < -0.39 is 16.0 Å². The lowest BCUT2D eigenvalue weighted by molar-refractivity contribution is 0.0697. The molecule has 0 unspecified atom stereocenters. The SMILES string of the molecule is CN(Cc1ccsc1)S(=O)(=O)c1ccc(Cl)c(C(=O)O)c1. The largest absolute Gasteiger partial charge is 0.478 e. The predicted molar refractivity (Wildman–Crippen MR) is 81.4 cm³/mol. The number of rotatable bonds is 5. The predicted octanol–water partition coefficient (Wildman–Crippen LogP) is 2.92. The van der Waals surface area contributed by atoms with Gasteiger partial charge in [-0.15, -0.1) is 0 Å². The van der Waals surface area contributed by atoms with Gasteiger partial charge in [-0.3, -0.25) is 0 Å². The maximum Gasteiger partial charge on any atom is 0.337 e. The van der Waals surface area contributed by atoms with Crippen LogP contribution in [-0.4, -0.2) is 30.8 Å². The molecular formula is C13H12ClNO4S2. The molecule has 1 aromatic carbocycles. The van der Waals surface area contributed by atoms with Gasteiger partial charge in [0.2, 0.25) is 10.0 Å². The minimum absolute atomic E-state index is 0.00179. The highest BCUT2D eigenvalue weighted by Gasteiger charge is 2.23. The average Bonchev–Trinajstić information content (AvgIpc) is 2.91. The van der Waals surface area contributed by atoms with Crippen molar-refractivity contribution < 1.29 is 18.3 Å². The highest BCUT2D eigenvalue weighted by molar-refractivity contribution is 7.89. The van der Waals surface area contributed by atoms with Crippen LogP contribution in [0.3, 0.4) is 0 Å². The second-order valence-corrected chi connectivity index (χ2v) is 7.57. The van der Waals surface area contributed by atoms with E-state index in [0.29, 0.717) is 0 Å². The molecule has 0 saturated heterocycles. The molecular weight excluding hydrogens is 334 g/mol. The van der Waals surface area contributed by atoms with E-state index in [1.165, 1.54) is 34.8 Å². The van der Waals surface area contributed by atoms with Crippen molar-refractivity contribution in [3.8, 4) is 0 Å². The zero-order valence-corrected chi connectivity index (χ0v) is 13.4. The summed E-state index contributed by atoms with van der Waals surface area (Å²) in [6.07, 6.45) is 0. The third-order valence-corrected chi connectivity index (χ3v) is 5.72. The number of thiophene rings is 1. The van der Waals surface area contributed by atoms with Crippen LogP contribution >= 0.6 is 22.9 Å². The molecule has 1 N–H and O–H groups in total. The molecule has 2 aromatic rings. The Morgan fingerprint density at radius 3 is 2.67 bits per heavy atom. The topological polar surface area (TPSA) is 74.7 Å². The van der Waals surface area contributed by atoms with Crippen molar-refractivity contribution in [2.45, 2.75) is 11.4 Å². The van der Waals surface area contributed by atoms with E-state index in [0.717, 1.165) is 11.6 Å². The van der Waals surface area contributed by atoms with Crippen LogP contribution in [0.2, 0.25) is 5.02 Å². The van der Waals surface area contributed by atoms with Crippen molar-refractivity contribution in [2.75, 3.05) is 7.05 Å². The Morgan fingerprint density at radius 2 is 2.10 bits per heavy atom. The Balaban J connectivity index is 2.35. The molecule has 1 heterocycles. The molecule has 0 aliphatic rings. The molecule has 0 spiro atoms. The molecule has 0 amide bonds. The third kappa shape index (κ3) is 3.44. The standard InChI is InChI=1S/C13H12ClNO4S2/c1-15(7-9-4-5-20-8-9)21(18,19)10-2-3-12(14)11(6-10)13(16)17/h2-6,8H,7H2,1H3,(H,16,17). The van der Waals surface area contributed by atoms with Gasteiger partial charge >= 0.3 is 5.97 Å². The molecule has 0 saturated carbocycles. The van der Waals surface area contributed by atoms with E-state index in [-0.39, 0.29) is 22.0 Å². The van der Waals surface area contributed by atoms with Gasteiger partial charge in [0, 0.05) is 13.6 Å². The highest BCUT2D eigenvalue weighted by atomic mass is 35.5. The fourth-order valence-corrected chi connectivity index (χ4v) is 3.78. The van der Waals surface area contributed by atoms with Gasteiger partial charge in [-0.2, -0.15) is 15.6 Å². The van der Waals surface area contributed by atoms with Crippen LogP contribution in [0.15, 0.2) is 39.9 Å². The first kappa shape index (κ1) is 16.0. The van der Waals surface area contributed by atoms with E-state index in [1.54, 1.807) is 0 Å². The summed E-state index contributed by atoms with van der Waals surface area (Å²) >= 11 is 7.23. The van der Waals surface area contributed by atoms with Gasteiger partial charge in [0.1, 0.15) is 0 Å². The van der Waals surface area contributed by atoms with Crippen LogP contribution in [0, 0.1) is 0 Å². The van der Waals surface area contributed by atoms with Gasteiger partial charge in [0.15, 0.2) is 0 Å². The van der Waals surface area contributed by atoms with Crippen LogP contribution in [0.25, 0.3) is 0 Å². The monoisotopic (exact) mass is 345 g/mol. The highest BCUT2D eigenvalue weighted by Crippen LogP contribution is 2.23. The molecule has 0 aliphatic heterocycles. The van der Waals surface area contributed by atoms with Crippen molar-refractivity contribution in [1.29, 1.82) is 0 Å². The van der Waals surface area contributed by atoms with Crippen molar-refractivity contribution in [2.24, 2.45) is 0 Å². The van der Waals surface area contributed by atoms with Crippen molar-refractivity contribution in [1.82, 2.24) is 4.31 Å². The van der Waals surface area contributed by atoms with E-state index in [4.69, 9.17) is 16.7 Å². The second-order valence-electron chi connectivity index (χ2n) is 4.34. The summed E-state index contributed by atoms with van der Waals surface area (Å²) < 4.78 is 26.0. The maximum atomic E-state index is 12.4. The molecule has 0 atom stereocenters. The van der Waals surface area contributed by atoms with E-state index in [2.05, 4.69) is 0 Å². The number of carboxylic acids is 1. The quantitative estimate of drug-likeness (QED) is 0.904. The molecule has 2 rings (SSSR count). The lowest BCUT2D eigenvalue weighted by Crippen LogP contribution is -2.26. The molecule has 8 heteroatoms. The normalized spacial score (nSPS) is 11.8. The fraction of sp³-hybridized carbons (Fsp3) is 0.154. The van der Waals surface area contributed by atoms with Gasteiger partial charge in [-0.25, -0.2) is 13.2 Å². The number of sulfonamides is 1. The van der Waals surface area contributed by atoms with E-state index in [1.807, 2.05) is 16.8 Å². The number of nitrogens with zero attached hydrogens (tertiary/aromatic N) is 1. The minimum Gasteiger partial charge on any atom is -0.478 e. The molecule has 0 bridgehead atoms. The van der Waals surface area contributed by atoms with Crippen LogP contribution < -0.4 is 0 Å². The summed E-state index contributed by atoms with van der Waals surface area (Å²) in [6.45, 7) is 0.219. The minimum atomic E-state index is -3.77. The van der Waals surface area contributed by atoms with Crippen molar-refractivity contribution in [3.63, 3.8) is 0 Å². The lowest BCUT2D eigenvalue weighted by Gasteiger charge is -2.17. The fourth-order valence-electron chi connectivity index (χ4n) is 1.73. The Hall–Kier alpha value is -1.41. The first-order valence-corrected chi connectivity index (χ1v) is 8.58. The first-order valence-electron chi connectivity index (χ1n) is 5.82. The van der Waals surface area contributed by atoms with E-state index >= 15 is 0 Å². The molecule has 1 aromatic heterocycles. The van der Waals surface area contributed by atoms with Gasteiger partial charge in [-0.1, -0.05) is 11.6 Å². The first-order chi connectivity index (χ1) is 9.82. The number of carboxylic acid groups (broad SMARTS) is 1. The van der Waals surface area contributed by atoms with Crippen LogP contribution in [-0.2, 0) is 16.6 Å². The average molecular weight is 346 g/mol. The van der Waals surface area contributed by atoms with Crippen LogP contribution in [0.5, 0.6) is 0 Å². The molecule has 0 radical (unpaired) electrons. The summed E-state index contributed by atoms with van der Waals surface area (Å²) in [4.78, 5) is 10.9. The Labute approximate surface area is 131 Å². The Kier molecular flexibility index (Phi) is 4.67. The molecule has 0 aliphatic carbocycles. The van der Waals surface area contributed by atoms with Crippen molar-refractivity contribution in [3.05, 3.63) is 51.2 Å². The lowest BCUT2D eigenvalue weighted by atomic mass is 10.2. The van der Waals surface area contributed by atoms with E-state index in [9.17, 15) is 13.2 Å². The zero-order chi connectivity index (χ0) is 15.6. The van der Waals surface area contributed by atoms with Gasteiger partial charge in [-0.05, 0) is 40.6 Å². The van der Waals surface area contributed by atoms with Gasteiger partial charge < -0.3 is 5.11 Å². The summed E-state index contributed by atoms with van der Waals surface area (Å²) in [6, 6.07) is 5.48. The van der Waals surface area contributed by atoms with Gasteiger partial charge in [0.25, 0.3) is 0 Å². The Bertz CT molecular complexity index is 756. The zero-order valence-electron chi connectivity index (χ0n) is 11.0. The van der Waals surface area contributed by atoms with Gasteiger partial charge in [0.05, 0.1) is 15.5 Å². The van der Waals surface area contributed by atoms with Crippen molar-refractivity contribution >= 4 is 38.9 Å². The smallest absolute Gasteiger partial charge is 0.337 e. The molecule has 112 valence electrons. The second kappa shape index (κ2) is 6.15. The third-order valence-electron chi connectivity index (χ3n) is 2.86. The Morgan fingerprint density at radius 1 is 1.38 bits per heavy atom. The number of carbonyl (C=O) groups is 1. The number of hydrogen-bond acceptors (Lipinski definition) is 4. The molecule has 5 nitrogen and oxygen atoms in total. The summed E-state index contributed by atoms with van der Waals surface area (Å²) in [5.41, 5.74) is 0.639.